The van der Waals surface area contributed by atoms with Gasteiger partial charge < -0.3 is 5.32 Å². The predicted molar refractivity (Wildman–Crippen MR) is 81.1 cm³/mol. The van der Waals surface area contributed by atoms with Crippen LogP contribution in [0.25, 0.3) is 0 Å². The summed E-state index contributed by atoms with van der Waals surface area (Å²) in [5, 5.41) is 2.69. The molecule has 0 saturated carbocycles. The van der Waals surface area contributed by atoms with Crippen LogP contribution in [-0.2, 0) is 20.8 Å². The fraction of sp³-hybridized carbons (Fsp3) is 0.462. The molecule has 0 spiro atoms. The standard InChI is InChI=1S/C13H18N2O4S2/c1-20(17)12-5-3-11(4-6-12)13(16)14-7-9-15-8-2-10-21(15,18)19/h3-6H,2,7-10H2,1H3,(H,14,16)/t20-/m0/s1. The van der Waals surface area contributed by atoms with Crippen LogP contribution in [0.1, 0.15) is 16.8 Å². The Bertz CT molecular complexity index is 641. The molecular weight excluding hydrogens is 312 g/mol. The molecule has 1 N–H and O–H groups in total. The van der Waals surface area contributed by atoms with Crippen LogP contribution >= 0.6 is 0 Å². The maximum Gasteiger partial charge on any atom is 0.251 e. The minimum Gasteiger partial charge on any atom is -0.351 e. The van der Waals surface area contributed by atoms with Gasteiger partial charge in [0, 0.05) is 47.1 Å². The first-order chi connectivity index (χ1) is 9.90. The van der Waals surface area contributed by atoms with E-state index in [9.17, 15) is 17.4 Å². The van der Waals surface area contributed by atoms with E-state index in [-0.39, 0.29) is 18.2 Å². The number of sulfonamides is 1. The number of hydrogen-bond acceptors (Lipinski definition) is 4. The van der Waals surface area contributed by atoms with Crippen molar-refractivity contribution in [2.45, 2.75) is 11.3 Å². The summed E-state index contributed by atoms with van der Waals surface area (Å²) in [5.41, 5.74) is 0.466. The van der Waals surface area contributed by atoms with Crippen LogP contribution in [0.4, 0.5) is 0 Å². The Kier molecular flexibility index (Phi) is 5.13. The second-order valence-corrected chi connectivity index (χ2v) is 8.27. The molecule has 6 nitrogen and oxygen atoms in total. The maximum atomic E-state index is 11.9. The lowest BCUT2D eigenvalue weighted by atomic mass is 10.2. The van der Waals surface area contributed by atoms with Crippen LogP contribution in [0.15, 0.2) is 29.2 Å². The minimum atomic E-state index is -3.12. The van der Waals surface area contributed by atoms with E-state index in [0.29, 0.717) is 30.0 Å². The van der Waals surface area contributed by atoms with Gasteiger partial charge in [-0.3, -0.25) is 9.00 Å². The summed E-state index contributed by atoms with van der Waals surface area (Å²) in [5.74, 6) is -0.0728. The molecular formula is C13H18N2O4S2. The van der Waals surface area contributed by atoms with Crippen molar-refractivity contribution in [3.05, 3.63) is 29.8 Å². The third-order valence-corrected chi connectivity index (χ3v) is 6.19. The third-order valence-electron chi connectivity index (χ3n) is 3.30. The zero-order chi connectivity index (χ0) is 15.5. The fourth-order valence-corrected chi connectivity index (χ4v) is 4.18. The molecule has 1 saturated heterocycles. The largest absolute Gasteiger partial charge is 0.351 e. The molecule has 1 atom stereocenters. The molecule has 116 valence electrons. The molecule has 2 rings (SSSR count). The molecule has 1 fully saturated rings. The van der Waals surface area contributed by atoms with Crippen molar-refractivity contribution in [3.63, 3.8) is 0 Å². The highest BCUT2D eigenvalue weighted by atomic mass is 32.2. The summed E-state index contributed by atoms with van der Waals surface area (Å²) >= 11 is 0. The zero-order valence-corrected chi connectivity index (χ0v) is 13.4. The number of carbonyl (C=O) groups excluding carboxylic acids is 1. The van der Waals surface area contributed by atoms with Crippen molar-refractivity contribution in [1.29, 1.82) is 0 Å². The van der Waals surface area contributed by atoms with Gasteiger partial charge in [-0.15, -0.1) is 0 Å². The van der Waals surface area contributed by atoms with Crippen LogP contribution in [0.2, 0.25) is 0 Å². The van der Waals surface area contributed by atoms with E-state index >= 15 is 0 Å². The van der Waals surface area contributed by atoms with Crippen LogP contribution < -0.4 is 5.32 Å². The number of amides is 1. The lowest BCUT2D eigenvalue weighted by molar-refractivity contribution is 0.0951. The minimum absolute atomic E-state index is 0.191. The molecule has 1 heterocycles. The van der Waals surface area contributed by atoms with Gasteiger partial charge in [0.05, 0.1) is 5.75 Å². The van der Waals surface area contributed by atoms with Gasteiger partial charge in [-0.05, 0) is 30.7 Å². The molecule has 0 aromatic heterocycles. The van der Waals surface area contributed by atoms with E-state index in [1.807, 2.05) is 0 Å². The van der Waals surface area contributed by atoms with Crippen LogP contribution in [-0.4, -0.2) is 54.5 Å². The van der Waals surface area contributed by atoms with E-state index in [0.717, 1.165) is 0 Å². The van der Waals surface area contributed by atoms with E-state index in [1.54, 1.807) is 30.5 Å². The summed E-state index contributed by atoms with van der Waals surface area (Å²) in [6.45, 7) is 1.10. The molecule has 1 aromatic carbocycles. The molecule has 0 aliphatic carbocycles. The van der Waals surface area contributed by atoms with E-state index in [4.69, 9.17) is 0 Å². The summed E-state index contributed by atoms with van der Waals surface area (Å²) < 4.78 is 35.8. The maximum absolute atomic E-state index is 11.9. The molecule has 0 unspecified atom stereocenters. The Hall–Kier alpha value is -1.25. The van der Waals surface area contributed by atoms with Crippen LogP contribution in [0, 0.1) is 0 Å². The van der Waals surface area contributed by atoms with Gasteiger partial charge in [0.1, 0.15) is 0 Å². The van der Waals surface area contributed by atoms with E-state index in [2.05, 4.69) is 5.32 Å². The quantitative estimate of drug-likeness (QED) is 0.835. The van der Waals surface area contributed by atoms with Crippen molar-refractivity contribution >= 4 is 26.7 Å². The van der Waals surface area contributed by atoms with Gasteiger partial charge in [0.15, 0.2) is 0 Å². The van der Waals surface area contributed by atoms with Gasteiger partial charge in [0.2, 0.25) is 10.0 Å². The lowest BCUT2D eigenvalue weighted by Crippen LogP contribution is -2.35. The number of carbonyl (C=O) groups is 1. The molecule has 1 aliphatic rings. The van der Waals surface area contributed by atoms with Gasteiger partial charge in [-0.2, -0.15) is 0 Å². The number of hydrogen-bond donors (Lipinski definition) is 1. The number of rotatable bonds is 5. The molecule has 8 heteroatoms. The Morgan fingerprint density at radius 2 is 2.00 bits per heavy atom. The average molecular weight is 330 g/mol. The molecule has 1 aromatic rings. The number of nitrogens with zero attached hydrogens (tertiary/aromatic N) is 1. The zero-order valence-electron chi connectivity index (χ0n) is 11.7. The van der Waals surface area contributed by atoms with Crippen LogP contribution in [0.5, 0.6) is 0 Å². The monoisotopic (exact) mass is 330 g/mol. The molecule has 0 bridgehead atoms. The van der Waals surface area contributed by atoms with Crippen molar-refractivity contribution in [2.24, 2.45) is 0 Å². The Balaban J connectivity index is 1.86. The second-order valence-electron chi connectivity index (χ2n) is 4.80. The highest BCUT2D eigenvalue weighted by Crippen LogP contribution is 2.12. The first-order valence-corrected chi connectivity index (χ1v) is 9.76. The van der Waals surface area contributed by atoms with Crippen molar-refractivity contribution in [2.75, 3.05) is 31.6 Å². The van der Waals surface area contributed by atoms with Gasteiger partial charge in [-0.25, -0.2) is 12.7 Å². The Labute approximate surface area is 127 Å². The first-order valence-electron chi connectivity index (χ1n) is 6.60. The van der Waals surface area contributed by atoms with Crippen molar-refractivity contribution < 1.29 is 17.4 Å². The number of nitrogens with one attached hydrogen (secondary N) is 1. The highest BCUT2D eigenvalue weighted by molar-refractivity contribution is 7.89. The first kappa shape index (κ1) is 16.1. The van der Waals surface area contributed by atoms with Crippen molar-refractivity contribution in [3.8, 4) is 0 Å². The molecule has 0 radical (unpaired) electrons. The predicted octanol–water partition coefficient (Wildman–Crippen LogP) is 0.189. The van der Waals surface area contributed by atoms with Gasteiger partial charge in [-0.1, -0.05) is 0 Å². The fourth-order valence-electron chi connectivity index (χ4n) is 2.14. The topological polar surface area (TPSA) is 83.6 Å². The second kappa shape index (κ2) is 6.67. The molecule has 21 heavy (non-hydrogen) atoms. The van der Waals surface area contributed by atoms with Crippen molar-refractivity contribution in [1.82, 2.24) is 9.62 Å². The van der Waals surface area contributed by atoms with E-state index < -0.39 is 20.8 Å². The Morgan fingerprint density at radius 3 is 2.52 bits per heavy atom. The summed E-state index contributed by atoms with van der Waals surface area (Å²) in [6, 6.07) is 6.52. The summed E-state index contributed by atoms with van der Waals surface area (Å²) in [6.07, 6.45) is 2.22. The van der Waals surface area contributed by atoms with Crippen LogP contribution in [0.3, 0.4) is 0 Å². The number of benzene rings is 1. The van der Waals surface area contributed by atoms with E-state index in [1.165, 1.54) is 4.31 Å². The molecule has 1 amide bonds. The lowest BCUT2D eigenvalue weighted by Gasteiger charge is -2.14. The smallest absolute Gasteiger partial charge is 0.251 e. The average Bonchev–Trinajstić information content (AvgIpc) is 2.78. The SMILES string of the molecule is C[S@](=O)c1ccc(C(=O)NCCN2CCCS2(=O)=O)cc1. The summed E-state index contributed by atoms with van der Waals surface area (Å²) in [4.78, 5) is 12.6. The third kappa shape index (κ3) is 4.12. The summed E-state index contributed by atoms with van der Waals surface area (Å²) in [7, 11) is -4.19. The molecule has 1 aliphatic heterocycles. The van der Waals surface area contributed by atoms with Gasteiger partial charge in [0.25, 0.3) is 5.91 Å². The highest BCUT2D eigenvalue weighted by Gasteiger charge is 2.27. The van der Waals surface area contributed by atoms with Gasteiger partial charge >= 0.3 is 0 Å². The normalized spacial score (nSPS) is 19.3. The Morgan fingerprint density at radius 1 is 1.33 bits per heavy atom.